The van der Waals surface area contributed by atoms with Crippen LogP contribution in [0.3, 0.4) is 0 Å². The molecule has 6 heteroatoms. The molecule has 0 saturated heterocycles. The molecule has 2 rings (SSSR count). The smallest absolute Gasteiger partial charge is 0.335 e. The molecule has 6 nitrogen and oxygen atoms in total. The molecule has 0 radical (unpaired) electrons. The molecule has 20 heavy (non-hydrogen) atoms. The fraction of sp³-hybridized carbons (Fsp3) is 0.286. The first-order valence-corrected chi connectivity index (χ1v) is 6.37. The second-order valence-corrected chi connectivity index (χ2v) is 4.57. The standard InChI is InChI=1S/C14H18N4O2/c1-3-18(9-11-6-7-17(2)16-11)13-5-4-10(14(19)20)8-12(13)15/h4-8H,3,9,15H2,1-2H3,(H,19,20). The number of aromatic nitrogens is 2. The fourth-order valence-electron chi connectivity index (χ4n) is 2.09. The summed E-state index contributed by atoms with van der Waals surface area (Å²) in [5.74, 6) is -0.976. The number of nitrogen functional groups attached to an aromatic ring is 1. The van der Waals surface area contributed by atoms with Gasteiger partial charge >= 0.3 is 5.97 Å². The third-order valence-electron chi connectivity index (χ3n) is 3.12. The van der Waals surface area contributed by atoms with Crippen LogP contribution in [0.15, 0.2) is 30.5 Å². The van der Waals surface area contributed by atoms with E-state index in [1.807, 2.05) is 26.2 Å². The van der Waals surface area contributed by atoms with E-state index in [0.29, 0.717) is 12.2 Å². The van der Waals surface area contributed by atoms with Crippen LogP contribution in [0.5, 0.6) is 0 Å². The first kappa shape index (κ1) is 13.9. The van der Waals surface area contributed by atoms with E-state index >= 15 is 0 Å². The molecule has 0 spiro atoms. The van der Waals surface area contributed by atoms with Gasteiger partial charge in [0.05, 0.1) is 29.2 Å². The number of rotatable bonds is 5. The Balaban J connectivity index is 2.25. The van der Waals surface area contributed by atoms with Crippen molar-refractivity contribution in [2.24, 2.45) is 7.05 Å². The molecule has 0 aliphatic heterocycles. The highest BCUT2D eigenvalue weighted by Gasteiger charge is 2.12. The third kappa shape index (κ3) is 2.90. The summed E-state index contributed by atoms with van der Waals surface area (Å²) in [5, 5.41) is 13.3. The minimum atomic E-state index is -0.976. The van der Waals surface area contributed by atoms with Crippen molar-refractivity contribution in [1.29, 1.82) is 0 Å². The summed E-state index contributed by atoms with van der Waals surface area (Å²) in [6.45, 7) is 3.41. The van der Waals surface area contributed by atoms with Gasteiger partial charge in [-0.2, -0.15) is 5.10 Å². The first-order valence-electron chi connectivity index (χ1n) is 6.37. The van der Waals surface area contributed by atoms with E-state index in [1.165, 1.54) is 6.07 Å². The lowest BCUT2D eigenvalue weighted by Crippen LogP contribution is -2.23. The predicted octanol–water partition coefficient (Wildman–Crippen LogP) is 1.73. The lowest BCUT2D eigenvalue weighted by molar-refractivity contribution is 0.0697. The van der Waals surface area contributed by atoms with E-state index in [-0.39, 0.29) is 5.56 Å². The van der Waals surface area contributed by atoms with Crippen LogP contribution in [0, 0.1) is 0 Å². The van der Waals surface area contributed by atoms with Gasteiger partial charge in [-0.25, -0.2) is 4.79 Å². The van der Waals surface area contributed by atoms with Crippen LogP contribution in [0.25, 0.3) is 0 Å². The molecule has 0 fully saturated rings. The van der Waals surface area contributed by atoms with Gasteiger partial charge in [-0.05, 0) is 31.2 Å². The molecule has 0 bridgehead atoms. The number of hydrogen-bond acceptors (Lipinski definition) is 4. The van der Waals surface area contributed by atoms with Gasteiger partial charge in [-0.15, -0.1) is 0 Å². The van der Waals surface area contributed by atoms with E-state index < -0.39 is 5.97 Å². The van der Waals surface area contributed by atoms with Gasteiger partial charge in [0.25, 0.3) is 0 Å². The van der Waals surface area contributed by atoms with Gasteiger partial charge < -0.3 is 15.7 Å². The summed E-state index contributed by atoms with van der Waals surface area (Å²) in [6, 6.07) is 6.74. The Morgan fingerprint density at radius 2 is 2.20 bits per heavy atom. The van der Waals surface area contributed by atoms with Crippen LogP contribution in [0.2, 0.25) is 0 Å². The highest BCUT2D eigenvalue weighted by molar-refractivity contribution is 5.90. The van der Waals surface area contributed by atoms with E-state index in [4.69, 9.17) is 10.8 Å². The van der Waals surface area contributed by atoms with Crippen LogP contribution in [0.4, 0.5) is 11.4 Å². The van der Waals surface area contributed by atoms with Gasteiger partial charge in [0.2, 0.25) is 0 Å². The quantitative estimate of drug-likeness (QED) is 0.811. The Kier molecular flexibility index (Phi) is 3.93. The zero-order valence-electron chi connectivity index (χ0n) is 11.6. The Bertz CT molecular complexity index is 621. The number of anilines is 2. The van der Waals surface area contributed by atoms with Gasteiger partial charge in [0, 0.05) is 19.8 Å². The number of nitrogens with two attached hydrogens (primary N) is 1. The number of nitrogens with zero attached hydrogens (tertiary/aromatic N) is 3. The fourth-order valence-corrected chi connectivity index (χ4v) is 2.09. The van der Waals surface area contributed by atoms with Gasteiger partial charge in [-0.3, -0.25) is 4.68 Å². The first-order chi connectivity index (χ1) is 9.51. The molecule has 0 amide bonds. The van der Waals surface area contributed by atoms with E-state index in [1.54, 1.807) is 16.8 Å². The molecule has 3 N–H and O–H groups in total. The van der Waals surface area contributed by atoms with E-state index in [2.05, 4.69) is 10.00 Å². The van der Waals surface area contributed by atoms with Crippen molar-refractivity contribution in [3.8, 4) is 0 Å². The largest absolute Gasteiger partial charge is 0.478 e. The summed E-state index contributed by atoms with van der Waals surface area (Å²) in [4.78, 5) is 13.0. The molecule has 0 unspecified atom stereocenters. The lowest BCUT2D eigenvalue weighted by atomic mass is 10.1. The predicted molar refractivity (Wildman–Crippen MR) is 77.7 cm³/mol. The number of carboxylic acids is 1. The molecule has 1 heterocycles. The highest BCUT2D eigenvalue weighted by atomic mass is 16.4. The van der Waals surface area contributed by atoms with E-state index in [9.17, 15) is 4.79 Å². The van der Waals surface area contributed by atoms with Crippen molar-refractivity contribution in [2.45, 2.75) is 13.5 Å². The van der Waals surface area contributed by atoms with Gasteiger partial charge in [-0.1, -0.05) is 0 Å². The van der Waals surface area contributed by atoms with Crippen molar-refractivity contribution < 1.29 is 9.90 Å². The minimum Gasteiger partial charge on any atom is -0.478 e. The highest BCUT2D eigenvalue weighted by Crippen LogP contribution is 2.25. The number of hydrogen-bond donors (Lipinski definition) is 2. The van der Waals surface area contributed by atoms with Crippen molar-refractivity contribution in [3.05, 3.63) is 41.7 Å². The van der Waals surface area contributed by atoms with Crippen LogP contribution in [0.1, 0.15) is 23.0 Å². The Morgan fingerprint density at radius 1 is 1.45 bits per heavy atom. The molecule has 1 aromatic heterocycles. The Hall–Kier alpha value is -2.50. The maximum atomic E-state index is 10.9. The second kappa shape index (κ2) is 5.64. The SMILES string of the molecule is CCN(Cc1ccn(C)n1)c1ccc(C(=O)O)cc1N. The molecule has 1 aromatic carbocycles. The molecule has 0 atom stereocenters. The Labute approximate surface area is 117 Å². The molecule has 0 aliphatic rings. The lowest BCUT2D eigenvalue weighted by Gasteiger charge is -2.23. The number of aromatic carboxylic acids is 1. The van der Waals surface area contributed by atoms with Crippen LogP contribution >= 0.6 is 0 Å². The van der Waals surface area contributed by atoms with Crippen molar-refractivity contribution in [2.75, 3.05) is 17.2 Å². The summed E-state index contributed by atoms with van der Waals surface area (Å²) in [5.41, 5.74) is 8.38. The minimum absolute atomic E-state index is 0.195. The maximum absolute atomic E-state index is 10.9. The molecule has 2 aromatic rings. The second-order valence-electron chi connectivity index (χ2n) is 4.57. The van der Waals surface area contributed by atoms with Crippen LogP contribution in [-0.4, -0.2) is 27.4 Å². The van der Waals surface area contributed by atoms with Crippen LogP contribution < -0.4 is 10.6 Å². The third-order valence-corrected chi connectivity index (χ3v) is 3.12. The average molecular weight is 274 g/mol. The summed E-state index contributed by atoms with van der Waals surface area (Å²) < 4.78 is 1.75. The van der Waals surface area contributed by atoms with Crippen molar-refractivity contribution in [1.82, 2.24) is 9.78 Å². The van der Waals surface area contributed by atoms with E-state index in [0.717, 1.165) is 17.9 Å². The number of benzene rings is 1. The van der Waals surface area contributed by atoms with Gasteiger partial charge in [0.15, 0.2) is 0 Å². The maximum Gasteiger partial charge on any atom is 0.335 e. The molecular formula is C14H18N4O2. The molecular weight excluding hydrogens is 256 g/mol. The number of carbonyl (C=O) groups is 1. The van der Waals surface area contributed by atoms with Gasteiger partial charge in [0.1, 0.15) is 0 Å². The topological polar surface area (TPSA) is 84.4 Å². The normalized spacial score (nSPS) is 10.5. The van der Waals surface area contributed by atoms with Crippen molar-refractivity contribution >= 4 is 17.3 Å². The Morgan fingerprint density at radius 3 is 2.70 bits per heavy atom. The molecule has 0 saturated carbocycles. The number of carboxylic acid groups (broad SMARTS) is 1. The number of aryl methyl sites for hydroxylation is 1. The van der Waals surface area contributed by atoms with Crippen LogP contribution in [-0.2, 0) is 13.6 Å². The molecule has 106 valence electrons. The monoisotopic (exact) mass is 274 g/mol. The summed E-state index contributed by atoms with van der Waals surface area (Å²) >= 11 is 0. The van der Waals surface area contributed by atoms with Crippen molar-refractivity contribution in [3.63, 3.8) is 0 Å². The molecule has 0 aliphatic carbocycles. The zero-order valence-corrected chi connectivity index (χ0v) is 11.6. The average Bonchev–Trinajstić information content (AvgIpc) is 2.81. The summed E-state index contributed by atoms with van der Waals surface area (Å²) in [6.07, 6.45) is 1.89. The summed E-state index contributed by atoms with van der Waals surface area (Å²) in [7, 11) is 1.87. The zero-order chi connectivity index (χ0) is 14.7.